The van der Waals surface area contributed by atoms with Gasteiger partial charge >= 0.3 is 5.97 Å². The highest BCUT2D eigenvalue weighted by Crippen LogP contribution is 2.40. The number of benzene rings is 2. The van der Waals surface area contributed by atoms with Crippen molar-refractivity contribution in [1.82, 2.24) is 4.98 Å². The van der Waals surface area contributed by atoms with Crippen molar-refractivity contribution in [1.29, 1.82) is 0 Å². The maximum absolute atomic E-state index is 12.8. The average molecular weight is 479 g/mol. The number of pyridine rings is 1. The predicted molar refractivity (Wildman–Crippen MR) is 120 cm³/mol. The summed E-state index contributed by atoms with van der Waals surface area (Å²) in [5.41, 5.74) is 2.53. The Bertz CT molecular complexity index is 1210. The first-order valence-electron chi connectivity index (χ1n) is 10.3. The van der Waals surface area contributed by atoms with E-state index in [0.29, 0.717) is 27.8 Å². The van der Waals surface area contributed by atoms with Gasteiger partial charge in [-0.2, -0.15) is 0 Å². The Hall–Kier alpha value is -3.06. The van der Waals surface area contributed by atoms with E-state index in [9.17, 15) is 19.5 Å². The highest BCUT2D eigenvalue weighted by Gasteiger charge is 2.48. The van der Waals surface area contributed by atoms with Crippen molar-refractivity contribution in [3.63, 3.8) is 0 Å². The van der Waals surface area contributed by atoms with Crippen molar-refractivity contribution in [3.8, 4) is 11.3 Å². The molecule has 3 aromatic rings. The minimum atomic E-state index is -1.03. The maximum atomic E-state index is 12.8. The maximum Gasteiger partial charge on any atom is 0.336 e. The third kappa shape index (κ3) is 3.33. The fourth-order valence-corrected chi connectivity index (χ4v) is 5.08. The molecule has 1 aliphatic heterocycles. The summed E-state index contributed by atoms with van der Waals surface area (Å²) in [6.45, 7) is 0. The summed E-state index contributed by atoms with van der Waals surface area (Å²) in [7, 11) is 0. The van der Waals surface area contributed by atoms with Gasteiger partial charge in [0, 0.05) is 15.4 Å². The Morgan fingerprint density at radius 3 is 2.23 bits per heavy atom. The minimum absolute atomic E-state index is 0.106. The first kappa shape index (κ1) is 19.9. The second-order valence-electron chi connectivity index (χ2n) is 8.08. The summed E-state index contributed by atoms with van der Waals surface area (Å²) in [4.78, 5) is 43.4. The molecule has 0 bridgehead atoms. The number of carbonyl (C=O) groups is 3. The molecule has 2 amide bonds. The van der Waals surface area contributed by atoms with Crippen LogP contribution < -0.4 is 4.90 Å². The molecule has 1 saturated heterocycles. The van der Waals surface area contributed by atoms with Gasteiger partial charge in [0.25, 0.3) is 0 Å². The fraction of sp³-hybridized carbons (Fsp3) is 0.250. The molecule has 1 aromatic heterocycles. The third-order valence-corrected chi connectivity index (χ3v) is 6.76. The van der Waals surface area contributed by atoms with Crippen LogP contribution in [-0.4, -0.2) is 27.9 Å². The fourth-order valence-electron chi connectivity index (χ4n) is 4.72. The van der Waals surface area contributed by atoms with Gasteiger partial charge in [-0.25, -0.2) is 9.78 Å². The lowest BCUT2D eigenvalue weighted by molar-refractivity contribution is -0.122. The summed E-state index contributed by atoms with van der Waals surface area (Å²) in [6.07, 6.45) is 3.53. The van der Waals surface area contributed by atoms with Gasteiger partial charge in [-0.3, -0.25) is 14.5 Å². The number of nitrogens with zero attached hydrogens (tertiary/aromatic N) is 2. The van der Waals surface area contributed by atoms with Gasteiger partial charge in [-0.15, -0.1) is 0 Å². The first-order valence-corrected chi connectivity index (χ1v) is 11.0. The van der Waals surface area contributed by atoms with Gasteiger partial charge in [-0.1, -0.05) is 40.9 Å². The van der Waals surface area contributed by atoms with Crippen molar-refractivity contribution in [2.75, 3.05) is 4.90 Å². The molecule has 1 N–H and O–H groups in total. The van der Waals surface area contributed by atoms with E-state index in [1.807, 2.05) is 6.07 Å². The summed E-state index contributed by atoms with van der Waals surface area (Å²) >= 11 is 3.37. The number of fused-ring (bicyclic) bond motifs is 2. The SMILES string of the molecule is O=C(O)c1cc(-c2ccc(N3C(=O)[C@H]4CCCC[C@H]4C3=O)cc2)nc2ccc(Br)cc12. The van der Waals surface area contributed by atoms with Gasteiger partial charge in [-0.05, 0) is 49.2 Å². The molecule has 5 rings (SSSR count). The molecule has 2 heterocycles. The van der Waals surface area contributed by atoms with Gasteiger partial charge in [0.15, 0.2) is 0 Å². The van der Waals surface area contributed by atoms with Crippen LogP contribution in [0.3, 0.4) is 0 Å². The number of halogens is 1. The number of hydrogen-bond donors (Lipinski definition) is 1. The van der Waals surface area contributed by atoms with E-state index in [1.54, 1.807) is 42.5 Å². The van der Waals surface area contributed by atoms with Crippen LogP contribution >= 0.6 is 15.9 Å². The Morgan fingerprint density at radius 1 is 0.968 bits per heavy atom. The number of aromatic carboxylic acids is 1. The third-order valence-electron chi connectivity index (χ3n) is 6.26. The molecular weight excluding hydrogens is 460 g/mol. The molecule has 0 unspecified atom stereocenters. The molecule has 1 saturated carbocycles. The normalized spacial score (nSPS) is 20.9. The van der Waals surface area contributed by atoms with Crippen molar-refractivity contribution < 1.29 is 19.5 Å². The van der Waals surface area contributed by atoms with Crippen molar-refractivity contribution in [2.45, 2.75) is 25.7 Å². The molecule has 0 spiro atoms. The summed E-state index contributed by atoms with van der Waals surface area (Å²) in [6, 6.07) is 13.9. The van der Waals surface area contributed by atoms with Crippen LogP contribution in [0.15, 0.2) is 53.0 Å². The summed E-state index contributed by atoms with van der Waals surface area (Å²) in [5.74, 6) is -1.63. The van der Waals surface area contributed by atoms with Crippen LogP contribution in [0.2, 0.25) is 0 Å². The van der Waals surface area contributed by atoms with E-state index in [-0.39, 0.29) is 29.2 Å². The van der Waals surface area contributed by atoms with E-state index in [0.717, 1.165) is 30.2 Å². The lowest BCUT2D eigenvalue weighted by Crippen LogP contribution is -2.30. The minimum Gasteiger partial charge on any atom is -0.478 e. The standard InChI is InChI=1S/C24H19BrN2O4/c25-14-7-10-20-18(11-14)19(24(30)31)12-21(26-20)13-5-8-15(9-6-13)27-22(28)16-3-1-2-4-17(16)23(27)29/h5-12,16-17H,1-4H2,(H,30,31)/t16-,17+. The number of carboxylic acid groups (broad SMARTS) is 1. The van der Waals surface area contributed by atoms with E-state index >= 15 is 0 Å². The number of aromatic nitrogens is 1. The lowest BCUT2D eigenvalue weighted by atomic mass is 9.81. The monoisotopic (exact) mass is 478 g/mol. The number of anilines is 1. The quantitative estimate of drug-likeness (QED) is 0.532. The average Bonchev–Trinajstić information content (AvgIpc) is 3.03. The molecule has 2 fully saturated rings. The van der Waals surface area contributed by atoms with Crippen LogP contribution in [0.25, 0.3) is 22.2 Å². The number of rotatable bonds is 3. The Kier molecular flexibility index (Phi) is 4.85. The van der Waals surface area contributed by atoms with Crippen LogP contribution in [0, 0.1) is 11.8 Å². The van der Waals surface area contributed by atoms with Crippen molar-refractivity contribution >= 4 is 50.3 Å². The predicted octanol–water partition coefficient (Wildman–Crippen LogP) is 5.04. The Morgan fingerprint density at radius 2 is 1.61 bits per heavy atom. The number of carbonyl (C=O) groups excluding carboxylic acids is 2. The number of hydrogen-bond acceptors (Lipinski definition) is 4. The second-order valence-corrected chi connectivity index (χ2v) is 8.99. The number of carboxylic acids is 1. The smallest absolute Gasteiger partial charge is 0.336 e. The molecular formula is C24H19BrN2O4. The van der Waals surface area contributed by atoms with Gasteiger partial charge in [0.2, 0.25) is 11.8 Å². The van der Waals surface area contributed by atoms with Crippen LogP contribution in [-0.2, 0) is 9.59 Å². The van der Waals surface area contributed by atoms with E-state index < -0.39 is 5.97 Å². The van der Waals surface area contributed by atoms with E-state index in [4.69, 9.17) is 0 Å². The van der Waals surface area contributed by atoms with E-state index in [2.05, 4.69) is 20.9 Å². The molecule has 2 atom stereocenters. The molecule has 2 aromatic carbocycles. The molecule has 0 radical (unpaired) electrons. The molecule has 31 heavy (non-hydrogen) atoms. The number of imide groups is 1. The molecule has 2 aliphatic rings. The van der Waals surface area contributed by atoms with Crippen molar-refractivity contribution in [2.24, 2.45) is 11.8 Å². The molecule has 7 heteroatoms. The topological polar surface area (TPSA) is 87.6 Å². The van der Waals surface area contributed by atoms with Gasteiger partial charge < -0.3 is 5.11 Å². The molecule has 1 aliphatic carbocycles. The van der Waals surface area contributed by atoms with Crippen LogP contribution in [0.5, 0.6) is 0 Å². The second kappa shape index (κ2) is 7.57. The van der Waals surface area contributed by atoms with Gasteiger partial charge in [0.05, 0.1) is 34.3 Å². The summed E-state index contributed by atoms with van der Waals surface area (Å²) in [5, 5.41) is 10.2. The zero-order valence-corrected chi connectivity index (χ0v) is 18.1. The highest BCUT2D eigenvalue weighted by atomic mass is 79.9. The van der Waals surface area contributed by atoms with Crippen molar-refractivity contribution in [3.05, 3.63) is 58.6 Å². The zero-order valence-electron chi connectivity index (χ0n) is 16.5. The summed E-state index contributed by atoms with van der Waals surface area (Å²) < 4.78 is 0.780. The first-order chi connectivity index (χ1) is 14.9. The van der Waals surface area contributed by atoms with Crippen LogP contribution in [0.4, 0.5) is 5.69 Å². The Labute approximate surface area is 187 Å². The molecule has 156 valence electrons. The lowest BCUT2D eigenvalue weighted by Gasteiger charge is -2.19. The van der Waals surface area contributed by atoms with Crippen LogP contribution in [0.1, 0.15) is 36.0 Å². The highest BCUT2D eigenvalue weighted by molar-refractivity contribution is 9.10. The van der Waals surface area contributed by atoms with E-state index in [1.165, 1.54) is 4.90 Å². The number of amides is 2. The molecule has 6 nitrogen and oxygen atoms in total. The largest absolute Gasteiger partial charge is 0.478 e. The zero-order chi connectivity index (χ0) is 21.7. The Balaban J connectivity index is 1.51. The van der Waals surface area contributed by atoms with Gasteiger partial charge in [0.1, 0.15) is 0 Å².